The Morgan fingerprint density at radius 1 is 1.43 bits per heavy atom. The number of amides is 1. The molecule has 9 heteroatoms. The number of carbonyl (C=O) groups is 1. The molecule has 1 aromatic carbocycles. The molecule has 0 aliphatic rings. The summed E-state index contributed by atoms with van der Waals surface area (Å²) in [5, 5.41) is 5.66. The van der Waals surface area contributed by atoms with Gasteiger partial charge in [-0.05, 0) is 12.1 Å². The molecule has 0 saturated heterocycles. The second-order valence-corrected chi connectivity index (χ2v) is 4.59. The zero-order chi connectivity index (χ0) is 15.8. The lowest BCUT2D eigenvalue weighted by atomic mass is 10.1. The number of halogens is 4. The number of benzene rings is 1. The Kier molecular flexibility index (Phi) is 3.82. The Labute approximate surface area is 122 Å². The third kappa shape index (κ3) is 2.94. The average Bonchev–Trinajstić information content (AvgIpc) is 2.70. The van der Waals surface area contributed by atoms with Crippen LogP contribution in [-0.2, 0) is 13.2 Å². The minimum atomic E-state index is -4.65. The predicted molar refractivity (Wildman–Crippen MR) is 72.0 cm³/mol. The van der Waals surface area contributed by atoms with Crippen LogP contribution in [0.1, 0.15) is 16.1 Å². The Morgan fingerprint density at radius 3 is 2.62 bits per heavy atom. The summed E-state index contributed by atoms with van der Waals surface area (Å²) in [6.07, 6.45) is -3.42. The minimum absolute atomic E-state index is 0.0515. The number of nitrogens with zero attached hydrogens (tertiary/aromatic N) is 2. The molecule has 0 fully saturated rings. The van der Waals surface area contributed by atoms with E-state index in [-0.39, 0.29) is 16.4 Å². The highest BCUT2D eigenvalue weighted by molar-refractivity contribution is 6.34. The van der Waals surface area contributed by atoms with E-state index >= 15 is 0 Å². The number of para-hydroxylation sites is 1. The number of hydrogen-bond donors (Lipinski definition) is 2. The fourth-order valence-corrected chi connectivity index (χ4v) is 2.01. The maximum absolute atomic E-state index is 12.9. The van der Waals surface area contributed by atoms with Crippen LogP contribution in [0.5, 0.6) is 0 Å². The summed E-state index contributed by atoms with van der Waals surface area (Å²) in [5.74, 6) is -0.828. The van der Waals surface area contributed by atoms with Gasteiger partial charge in [-0.3, -0.25) is 9.48 Å². The molecule has 0 spiro atoms. The highest BCUT2D eigenvalue weighted by Crippen LogP contribution is 2.38. The fraction of sp³-hybridized carbons (Fsp3) is 0.167. The van der Waals surface area contributed by atoms with Gasteiger partial charge >= 0.3 is 6.18 Å². The highest BCUT2D eigenvalue weighted by atomic mass is 35.5. The lowest BCUT2D eigenvalue weighted by molar-refractivity contribution is -0.136. The van der Waals surface area contributed by atoms with E-state index in [2.05, 4.69) is 10.4 Å². The lowest BCUT2D eigenvalue weighted by Crippen LogP contribution is -2.20. The number of nitrogens with one attached hydrogen (secondary N) is 1. The van der Waals surface area contributed by atoms with E-state index in [0.29, 0.717) is 0 Å². The maximum Gasteiger partial charge on any atom is 0.418 e. The third-order valence-corrected chi connectivity index (χ3v) is 3.05. The van der Waals surface area contributed by atoms with Gasteiger partial charge in [0, 0.05) is 7.05 Å². The van der Waals surface area contributed by atoms with E-state index in [1.807, 2.05) is 0 Å². The number of rotatable bonds is 2. The molecule has 2 rings (SSSR count). The van der Waals surface area contributed by atoms with Crippen molar-refractivity contribution in [2.45, 2.75) is 6.18 Å². The van der Waals surface area contributed by atoms with Crippen LogP contribution in [0.3, 0.4) is 0 Å². The number of aromatic nitrogens is 2. The smallest absolute Gasteiger partial charge is 0.396 e. The molecule has 5 nitrogen and oxygen atoms in total. The average molecular weight is 319 g/mol. The summed E-state index contributed by atoms with van der Waals surface area (Å²) in [6.45, 7) is 0. The topological polar surface area (TPSA) is 72.9 Å². The molecule has 0 saturated carbocycles. The largest absolute Gasteiger partial charge is 0.418 e. The first kappa shape index (κ1) is 15.2. The van der Waals surface area contributed by atoms with Gasteiger partial charge in [-0.15, -0.1) is 0 Å². The number of anilines is 2. The first-order chi connectivity index (χ1) is 9.71. The van der Waals surface area contributed by atoms with Crippen molar-refractivity contribution in [1.29, 1.82) is 0 Å². The lowest BCUT2D eigenvalue weighted by Gasteiger charge is -2.15. The summed E-state index contributed by atoms with van der Waals surface area (Å²) in [4.78, 5) is 12.1. The van der Waals surface area contributed by atoms with Gasteiger partial charge in [-0.2, -0.15) is 18.3 Å². The summed E-state index contributed by atoms with van der Waals surface area (Å²) in [6, 6.07) is 3.23. The molecular formula is C12H10ClF3N4O. The normalized spacial score (nSPS) is 11.5. The van der Waals surface area contributed by atoms with E-state index in [1.165, 1.54) is 19.3 Å². The van der Waals surface area contributed by atoms with Crippen LogP contribution in [0, 0.1) is 0 Å². The quantitative estimate of drug-likeness (QED) is 0.894. The molecule has 0 bridgehead atoms. The summed E-state index contributed by atoms with van der Waals surface area (Å²) < 4.78 is 39.9. The van der Waals surface area contributed by atoms with Crippen molar-refractivity contribution >= 4 is 28.9 Å². The van der Waals surface area contributed by atoms with Gasteiger partial charge in [0.2, 0.25) is 0 Å². The molecule has 0 unspecified atom stereocenters. The molecule has 112 valence electrons. The van der Waals surface area contributed by atoms with Gasteiger partial charge in [0.05, 0.1) is 28.2 Å². The molecule has 1 aromatic heterocycles. The van der Waals surface area contributed by atoms with Crippen LogP contribution >= 0.6 is 11.6 Å². The van der Waals surface area contributed by atoms with Crippen molar-refractivity contribution in [3.05, 3.63) is 40.7 Å². The van der Waals surface area contributed by atoms with Crippen molar-refractivity contribution in [1.82, 2.24) is 9.78 Å². The van der Waals surface area contributed by atoms with Crippen LogP contribution in [0.2, 0.25) is 5.02 Å². The Bertz CT molecular complexity index is 677. The molecule has 1 heterocycles. The molecule has 0 radical (unpaired) electrons. The second-order valence-electron chi connectivity index (χ2n) is 4.19. The van der Waals surface area contributed by atoms with Gasteiger partial charge < -0.3 is 11.1 Å². The van der Waals surface area contributed by atoms with Crippen molar-refractivity contribution in [3.63, 3.8) is 0 Å². The van der Waals surface area contributed by atoms with Gasteiger partial charge in [-0.25, -0.2) is 0 Å². The standard InChI is InChI=1S/C12H10ClF3N4O/c1-20-10(8(17)5-18-20)11(21)19-9-6(12(14,15)16)3-2-4-7(9)13/h2-5H,17H2,1H3,(H,19,21). The van der Waals surface area contributed by atoms with E-state index in [9.17, 15) is 18.0 Å². The van der Waals surface area contributed by atoms with Crippen LogP contribution in [-0.4, -0.2) is 15.7 Å². The minimum Gasteiger partial charge on any atom is -0.396 e. The molecular weight excluding hydrogens is 309 g/mol. The maximum atomic E-state index is 12.9. The van der Waals surface area contributed by atoms with E-state index in [4.69, 9.17) is 17.3 Å². The van der Waals surface area contributed by atoms with Crippen LogP contribution in [0.4, 0.5) is 24.5 Å². The molecule has 21 heavy (non-hydrogen) atoms. The third-order valence-electron chi connectivity index (χ3n) is 2.74. The van der Waals surface area contributed by atoms with Crippen LogP contribution in [0.25, 0.3) is 0 Å². The summed E-state index contributed by atoms with van der Waals surface area (Å²) in [5.41, 5.74) is 4.00. The monoisotopic (exact) mass is 318 g/mol. The van der Waals surface area contributed by atoms with Gasteiger partial charge in [0.15, 0.2) is 0 Å². The van der Waals surface area contributed by atoms with Crippen molar-refractivity contribution in [2.75, 3.05) is 11.1 Å². The number of carbonyl (C=O) groups excluding carboxylic acids is 1. The molecule has 2 aromatic rings. The number of aryl methyl sites for hydroxylation is 1. The Morgan fingerprint density at radius 2 is 2.10 bits per heavy atom. The van der Waals surface area contributed by atoms with E-state index in [1.54, 1.807) is 0 Å². The van der Waals surface area contributed by atoms with Crippen molar-refractivity contribution < 1.29 is 18.0 Å². The summed E-state index contributed by atoms with van der Waals surface area (Å²) >= 11 is 5.75. The van der Waals surface area contributed by atoms with Crippen LogP contribution in [0.15, 0.2) is 24.4 Å². The van der Waals surface area contributed by atoms with E-state index < -0.39 is 23.3 Å². The van der Waals surface area contributed by atoms with Crippen molar-refractivity contribution in [3.8, 4) is 0 Å². The van der Waals surface area contributed by atoms with Crippen LogP contribution < -0.4 is 11.1 Å². The number of nitrogens with two attached hydrogens (primary N) is 1. The molecule has 0 atom stereocenters. The summed E-state index contributed by atoms with van der Waals surface area (Å²) in [7, 11) is 1.45. The fourth-order valence-electron chi connectivity index (χ4n) is 1.79. The number of hydrogen-bond acceptors (Lipinski definition) is 3. The van der Waals surface area contributed by atoms with Crippen molar-refractivity contribution in [2.24, 2.45) is 7.05 Å². The first-order valence-electron chi connectivity index (χ1n) is 5.66. The first-order valence-corrected chi connectivity index (χ1v) is 6.04. The van der Waals surface area contributed by atoms with E-state index in [0.717, 1.165) is 16.8 Å². The molecule has 1 amide bonds. The number of alkyl halides is 3. The van der Waals surface area contributed by atoms with Gasteiger partial charge in [0.25, 0.3) is 5.91 Å². The SMILES string of the molecule is Cn1ncc(N)c1C(=O)Nc1c(Cl)cccc1C(F)(F)F. The molecule has 0 aliphatic heterocycles. The van der Waals surface area contributed by atoms with Gasteiger partial charge in [0.1, 0.15) is 5.69 Å². The highest BCUT2D eigenvalue weighted by Gasteiger charge is 2.35. The second kappa shape index (κ2) is 5.28. The predicted octanol–water partition coefficient (Wildman–Crippen LogP) is 2.93. The molecule has 3 N–H and O–H groups in total. The zero-order valence-electron chi connectivity index (χ0n) is 10.7. The zero-order valence-corrected chi connectivity index (χ0v) is 11.5. The Hall–Kier alpha value is -2.22. The molecule has 0 aliphatic carbocycles. The number of nitrogen functional groups attached to an aromatic ring is 1. The Balaban J connectivity index is 2.43. The van der Waals surface area contributed by atoms with Gasteiger partial charge in [-0.1, -0.05) is 17.7 Å².